The summed E-state index contributed by atoms with van der Waals surface area (Å²) in [5.74, 6) is -2.47. The first-order valence-corrected chi connectivity index (χ1v) is 16.2. The maximum Gasteiger partial charge on any atom is 0.525 e. The van der Waals surface area contributed by atoms with Crippen LogP contribution in [0.3, 0.4) is 0 Å². The molecule has 7 rings (SSSR count). The third kappa shape index (κ3) is 5.31. The van der Waals surface area contributed by atoms with Gasteiger partial charge in [0.2, 0.25) is 12.5 Å². The van der Waals surface area contributed by atoms with Gasteiger partial charge in [0.15, 0.2) is 35.6 Å². The molecule has 256 valence electrons. The number of ether oxygens (including phenoxy) is 9. The third-order valence-corrected chi connectivity index (χ3v) is 9.61. The molecule has 4 heterocycles. The van der Waals surface area contributed by atoms with E-state index in [4.69, 9.17) is 52.9 Å². The quantitative estimate of drug-likeness (QED) is 0.193. The Morgan fingerprint density at radius 2 is 1.60 bits per heavy atom. The van der Waals surface area contributed by atoms with Crippen molar-refractivity contribution in [1.82, 2.24) is 0 Å². The molecule has 3 fully saturated rings. The topological polar surface area (TPSA) is 233 Å². The van der Waals surface area contributed by atoms with Gasteiger partial charge in [0.05, 0.1) is 39.5 Å². The molecule has 1 aliphatic carbocycles. The van der Waals surface area contributed by atoms with E-state index in [1.54, 1.807) is 19.1 Å². The lowest BCUT2D eigenvalue weighted by molar-refractivity contribution is -0.364. The zero-order valence-electron chi connectivity index (χ0n) is 25.3. The number of nitrogens with two attached hydrogens (primary N) is 1. The minimum absolute atomic E-state index is 0.0676. The lowest BCUT2D eigenvalue weighted by Gasteiger charge is -2.49. The fourth-order valence-corrected chi connectivity index (χ4v) is 7.47. The van der Waals surface area contributed by atoms with E-state index in [9.17, 15) is 29.4 Å². The molecular weight excluding hydrogens is 649 g/mol. The number of hydrogen-bond acceptors (Lipinski definition) is 15. The Labute approximate surface area is 267 Å². The second-order valence-electron chi connectivity index (χ2n) is 11.8. The van der Waals surface area contributed by atoms with Crippen molar-refractivity contribution in [2.24, 2.45) is 11.7 Å². The largest absolute Gasteiger partial charge is 0.525 e. The summed E-state index contributed by atoms with van der Waals surface area (Å²) in [5.41, 5.74) is 6.56. The highest BCUT2D eigenvalue weighted by atomic mass is 31.2. The lowest BCUT2D eigenvalue weighted by Crippen LogP contribution is -2.64. The number of aliphatic hydroxyl groups is 2. The number of aliphatic hydroxyl groups excluding tert-OH is 2. The normalized spacial score (nSPS) is 35.7. The standard InChI is InChI=1S/C29H34NO16P/c1-11-39-9-20-26(43-11)22(31)23(32)27(44-20)45-24-14-7-17-16(41-10-42-17)6-13(14)21(29(30)15(24)8-40-28(29)33)12-4-18(37-2)25(19(5-12)38-3)46-47(34,35)36/h4-7,11,15,20-24,26-27,31-32H,8-10,30H2,1-3H3,(H2,34,35,36). The van der Waals surface area contributed by atoms with Gasteiger partial charge >= 0.3 is 13.8 Å². The minimum Gasteiger partial charge on any atom is -0.493 e. The molecule has 3 saturated heterocycles. The van der Waals surface area contributed by atoms with E-state index < -0.39 is 74.3 Å². The molecule has 0 aromatic heterocycles. The molecule has 10 unspecified atom stereocenters. The molecule has 0 radical (unpaired) electrons. The molecule has 2 aromatic carbocycles. The van der Waals surface area contributed by atoms with Gasteiger partial charge in [0.25, 0.3) is 0 Å². The Hall–Kier alpha value is -3.22. The molecule has 47 heavy (non-hydrogen) atoms. The van der Waals surface area contributed by atoms with E-state index in [-0.39, 0.29) is 37.3 Å². The Kier molecular flexibility index (Phi) is 8.07. The molecule has 4 aliphatic heterocycles. The summed E-state index contributed by atoms with van der Waals surface area (Å²) in [5, 5.41) is 22.1. The van der Waals surface area contributed by atoms with Crippen molar-refractivity contribution in [2.45, 2.75) is 61.5 Å². The van der Waals surface area contributed by atoms with Gasteiger partial charge in [-0.15, -0.1) is 0 Å². The number of carbonyl (C=O) groups excluding carboxylic acids is 1. The predicted octanol–water partition coefficient (Wildman–Crippen LogP) is 0.186. The Bertz CT molecular complexity index is 1590. The molecule has 2 aromatic rings. The molecule has 10 atom stereocenters. The number of benzene rings is 2. The summed E-state index contributed by atoms with van der Waals surface area (Å²) < 4.78 is 68.1. The first-order chi connectivity index (χ1) is 22.3. The van der Waals surface area contributed by atoms with Crippen LogP contribution in [-0.4, -0.2) is 103 Å². The number of carbonyl (C=O) groups is 1. The van der Waals surface area contributed by atoms with Gasteiger partial charge < -0.3 is 63.1 Å². The van der Waals surface area contributed by atoms with Gasteiger partial charge in [-0.2, -0.15) is 0 Å². The second-order valence-corrected chi connectivity index (χ2v) is 13.0. The number of phosphoric acid groups is 1. The highest BCUT2D eigenvalue weighted by molar-refractivity contribution is 7.46. The van der Waals surface area contributed by atoms with E-state index in [0.717, 1.165) is 0 Å². The second kappa shape index (κ2) is 11.7. The smallest absolute Gasteiger partial charge is 0.493 e. The van der Waals surface area contributed by atoms with Crippen molar-refractivity contribution in [2.75, 3.05) is 34.2 Å². The monoisotopic (exact) mass is 683 g/mol. The summed E-state index contributed by atoms with van der Waals surface area (Å²) in [6, 6.07) is 6.20. The van der Waals surface area contributed by atoms with Crippen molar-refractivity contribution in [3.05, 3.63) is 41.0 Å². The molecule has 18 heteroatoms. The summed E-state index contributed by atoms with van der Waals surface area (Å²) in [4.78, 5) is 32.7. The summed E-state index contributed by atoms with van der Waals surface area (Å²) in [6.07, 6.45) is -7.60. The average Bonchev–Trinajstić information content (AvgIpc) is 3.61. The van der Waals surface area contributed by atoms with Gasteiger partial charge in [-0.25, -0.2) is 4.57 Å². The fourth-order valence-electron chi connectivity index (χ4n) is 7.05. The summed E-state index contributed by atoms with van der Waals surface area (Å²) >= 11 is 0. The van der Waals surface area contributed by atoms with Gasteiger partial charge in [-0.3, -0.25) is 14.6 Å². The van der Waals surface area contributed by atoms with Crippen LogP contribution in [0.1, 0.15) is 35.6 Å². The van der Waals surface area contributed by atoms with Gasteiger partial charge in [0, 0.05) is 5.92 Å². The van der Waals surface area contributed by atoms with E-state index >= 15 is 0 Å². The Morgan fingerprint density at radius 1 is 0.936 bits per heavy atom. The van der Waals surface area contributed by atoms with Crippen LogP contribution in [0.15, 0.2) is 24.3 Å². The number of cyclic esters (lactones) is 1. The number of fused-ring (bicyclic) bond motifs is 4. The highest BCUT2D eigenvalue weighted by Crippen LogP contribution is 2.58. The minimum atomic E-state index is -5.04. The van der Waals surface area contributed by atoms with Crippen LogP contribution in [0.5, 0.6) is 28.7 Å². The zero-order chi connectivity index (χ0) is 33.4. The van der Waals surface area contributed by atoms with Crippen molar-refractivity contribution >= 4 is 13.8 Å². The number of methoxy groups -OCH3 is 2. The van der Waals surface area contributed by atoms with Crippen LogP contribution in [0.25, 0.3) is 0 Å². The van der Waals surface area contributed by atoms with Crippen molar-refractivity contribution < 1.29 is 76.5 Å². The summed E-state index contributed by atoms with van der Waals surface area (Å²) in [7, 11) is -2.50. The van der Waals surface area contributed by atoms with Gasteiger partial charge in [0.1, 0.15) is 30.0 Å². The number of rotatable bonds is 7. The van der Waals surface area contributed by atoms with Crippen molar-refractivity contribution in [3.63, 3.8) is 0 Å². The molecule has 0 spiro atoms. The van der Waals surface area contributed by atoms with Crippen LogP contribution in [-0.2, 0) is 33.0 Å². The van der Waals surface area contributed by atoms with Crippen LogP contribution >= 0.6 is 7.82 Å². The zero-order valence-corrected chi connectivity index (χ0v) is 26.2. The highest BCUT2D eigenvalue weighted by Gasteiger charge is 2.63. The number of hydrogen-bond donors (Lipinski definition) is 5. The molecule has 0 bridgehead atoms. The molecule has 5 aliphatic rings. The van der Waals surface area contributed by atoms with Crippen molar-refractivity contribution in [3.8, 4) is 28.7 Å². The Balaban J connectivity index is 1.35. The molecule has 0 amide bonds. The van der Waals surface area contributed by atoms with Gasteiger partial charge in [-0.05, 0) is 47.9 Å². The van der Waals surface area contributed by atoms with Crippen LogP contribution in [0.4, 0.5) is 0 Å². The maximum atomic E-state index is 13.7. The molecule has 0 saturated carbocycles. The van der Waals surface area contributed by atoms with E-state index in [0.29, 0.717) is 28.2 Å². The van der Waals surface area contributed by atoms with E-state index in [2.05, 4.69) is 0 Å². The SMILES string of the molecule is COc1cc(C2c3cc4c(cc3C(OC3OC5COC(C)OC5C(O)C3O)C3COC(=O)C23N)OCO4)cc(OC)c1OP(=O)(O)O. The predicted molar refractivity (Wildman–Crippen MR) is 153 cm³/mol. The first kappa shape index (κ1) is 32.3. The Morgan fingerprint density at radius 3 is 2.23 bits per heavy atom. The molecular formula is C29H34NO16P. The maximum absolute atomic E-state index is 13.7. The third-order valence-electron chi connectivity index (χ3n) is 9.19. The number of esters is 1. The summed E-state index contributed by atoms with van der Waals surface area (Å²) in [6.45, 7) is 1.49. The van der Waals surface area contributed by atoms with E-state index in [1.165, 1.54) is 26.4 Å². The average molecular weight is 684 g/mol. The first-order valence-electron chi connectivity index (χ1n) is 14.7. The molecule has 17 nitrogen and oxygen atoms in total. The molecule has 6 N–H and O–H groups in total. The fraction of sp³-hybridized carbons (Fsp3) is 0.552. The number of phosphoric ester groups is 1. The van der Waals surface area contributed by atoms with E-state index in [1.807, 2.05) is 0 Å². The lowest BCUT2D eigenvalue weighted by atomic mass is 9.61. The van der Waals surface area contributed by atoms with Crippen molar-refractivity contribution in [1.29, 1.82) is 0 Å². The van der Waals surface area contributed by atoms with Crippen LogP contribution < -0.4 is 29.2 Å². The van der Waals surface area contributed by atoms with Gasteiger partial charge in [-0.1, -0.05) is 0 Å². The van der Waals surface area contributed by atoms with Crippen LogP contribution in [0, 0.1) is 5.92 Å². The van der Waals surface area contributed by atoms with Crippen LogP contribution in [0.2, 0.25) is 0 Å².